The highest BCUT2D eigenvalue weighted by Gasteiger charge is 2.15. The molecule has 3 aromatic rings. The summed E-state index contributed by atoms with van der Waals surface area (Å²) in [6.07, 6.45) is 1.33. The standard InChI is InChI=1S/C16H15N5O2/c1-21-13(8-12(20-21)11-6-4-3-5-7-11)16(22)19-14-9-15(23-2)18-10-17-14/h3-10H,1-2H3,(H,17,18,19,22). The Kier molecular flexibility index (Phi) is 4.01. The van der Waals surface area contributed by atoms with Crippen LogP contribution >= 0.6 is 0 Å². The van der Waals surface area contributed by atoms with Crippen molar-refractivity contribution in [3.63, 3.8) is 0 Å². The van der Waals surface area contributed by atoms with E-state index >= 15 is 0 Å². The molecule has 0 spiro atoms. The number of methoxy groups -OCH3 is 1. The van der Waals surface area contributed by atoms with Crippen LogP contribution in [-0.4, -0.2) is 32.8 Å². The molecule has 0 aliphatic rings. The third-order valence-corrected chi connectivity index (χ3v) is 3.27. The number of anilines is 1. The summed E-state index contributed by atoms with van der Waals surface area (Å²) in [4.78, 5) is 20.3. The number of hydrogen-bond donors (Lipinski definition) is 1. The summed E-state index contributed by atoms with van der Waals surface area (Å²) in [6, 6.07) is 13.0. The quantitative estimate of drug-likeness (QED) is 0.798. The maximum atomic E-state index is 12.4. The van der Waals surface area contributed by atoms with E-state index in [4.69, 9.17) is 4.74 Å². The van der Waals surface area contributed by atoms with E-state index in [1.807, 2.05) is 30.3 Å². The summed E-state index contributed by atoms with van der Waals surface area (Å²) < 4.78 is 6.55. The maximum absolute atomic E-state index is 12.4. The predicted octanol–water partition coefficient (Wildman–Crippen LogP) is 2.14. The first-order valence-electron chi connectivity index (χ1n) is 6.94. The first-order valence-corrected chi connectivity index (χ1v) is 6.94. The monoisotopic (exact) mass is 309 g/mol. The zero-order valence-corrected chi connectivity index (χ0v) is 12.7. The van der Waals surface area contributed by atoms with E-state index in [2.05, 4.69) is 20.4 Å². The van der Waals surface area contributed by atoms with Gasteiger partial charge in [-0.05, 0) is 6.07 Å². The van der Waals surface area contributed by atoms with E-state index in [0.29, 0.717) is 17.4 Å². The van der Waals surface area contributed by atoms with Crippen LogP contribution in [0.1, 0.15) is 10.5 Å². The maximum Gasteiger partial charge on any atom is 0.275 e. The third kappa shape index (κ3) is 3.18. The number of nitrogens with one attached hydrogen (secondary N) is 1. The van der Waals surface area contributed by atoms with Crippen molar-refractivity contribution < 1.29 is 9.53 Å². The van der Waals surface area contributed by atoms with Gasteiger partial charge in [-0.15, -0.1) is 0 Å². The summed E-state index contributed by atoms with van der Waals surface area (Å²) in [5.74, 6) is 0.442. The van der Waals surface area contributed by atoms with Crippen molar-refractivity contribution in [1.29, 1.82) is 0 Å². The smallest absolute Gasteiger partial charge is 0.275 e. The van der Waals surface area contributed by atoms with Gasteiger partial charge in [0, 0.05) is 18.7 Å². The largest absolute Gasteiger partial charge is 0.481 e. The summed E-state index contributed by atoms with van der Waals surface area (Å²) >= 11 is 0. The van der Waals surface area contributed by atoms with E-state index in [0.717, 1.165) is 11.3 Å². The number of benzene rings is 1. The number of amides is 1. The fourth-order valence-electron chi connectivity index (χ4n) is 2.13. The minimum Gasteiger partial charge on any atom is -0.481 e. The van der Waals surface area contributed by atoms with Crippen LogP contribution in [0.5, 0.6) is 5.88 Å². The topological polar surface area (TPSA) is 81.9 Å². The molecule has 0 atom stereocenters. The number of carbonyl (C=O) groups excluding carboxylic acids is 1. The molecule has 116 valence electrons. The van der Waals surface area contributed by atoms with Crippen LogP contribution in [0.4, 0.5) is 5.82 Å². The van der Waals surface area contributed by atoms with Crippen molar-refractivity contribution in [3.05, 3.63) is 54.5 Å². The molecule has 0 saturated heterocycles. The lowest BCUT2D eigenvalue weighted by Gasteiger charge is -2.05. The lowest BCUT2D eigenvalue weighted by atomic mass is 10.1. The van der Waals surface area contributed by atoms with Crippen LogP contribution in [0, 0.1) is 0 Å². The van der Waals surface area contributed by atoms with Gasteiger partial charge in [-0.2, -0.15) is 5.10 Å². The Morgan fingerprint density at radius 1 is 1.17 bits per heavy atom. The molecule has 2 aromatic heterocycles. The van der Waals surface area contributed by atoms with E-state index in [-0.39, 0.29) is 5.91 Å². The second-order valence-electron chi connectivity index (χ2n) is 4.80. The van der Waals surface area contributed by atoms with Crippen LogP contribution in [0.25, 0.3) is 11.3 Å². The summed E-state index contributed by atoms with van der Waals surface area (Å²) in [5, 5.41) is 7.08. The molecule has 0 aliphatic heterocycles. The number of carbonyl (C=O) groups is 1. The average molecular weight is 309 g/mol. The van der Waals surface area contributed by atoms with Crippen LogP contribution in [-0.2, 0) is 7.05 Å². The van der Waals surface area contributed by atoms with E-state index < -0.39 is 0 Å². The van der Waals surface area contributed by atoms with Gasteiger partial charge in [-0.25, -0.2) is 9.97 Å². The van der Waals surface area contributed by atoms with Gasteiger partial charge in [0.05, 0.1) is 12.8 Å². The molecule has 7 heteroatoms. The van der Waals surface area contributed by atoms with Gasteiger partial charge in [0.15, 0.2) is 0 Å². The second-order valence-corrected chi connectivity index (χ2v) is 4.80. The Balaban J connectivity index is 1.84. The fraction of sp³-hybridized carbons (Fsp3) is 0.125. The number of hydrogen-bond acceptors (Lipinski definition) is 5. The Labute approximate surface area is 133 Å². The van der Waals surface area contributed by atoms with Crippen molar-refractivity contribution in [2.75, 3.05) is 12.4 Å². The van der Waals surface area contributed by atoms with Gasteiger partial charge in [-0.1, -0.05) is 30.3 Å². The summed E-state index contributed by atoms with van der Waals surface area (Å²) in [7, 11) is 3.23. The number of ether oxygens (including phenoxy) is 1. The van der Waals surface area contributed by atoms with Crippen LogP contribution < -0.4 is 10.1 Å². The number of aryl methyl sites for hydroxylation is 1. The Bertz CT molecular complexity index is 829. The molecule has 0 fully saturated rings. The van der Waals surface area contributed by atoms with Gasteiger partial charge in [0.1, 0.15) is 17.8 Å². The molecule has 0 unspecified atom stereocenters. The van der Waals surface area contributed by atoms with E-state index in [9.17, 15) is 4.79 Å². The Morgan fingerprint density at radius 3 is 2.70 bits per heavy atom. The molecular weight excluding hydrogens is 294 g/mol. The molecule has 0 radical (unpaired) electrons. The zero-order chi connectivity index (χ0) is 16.2. The highest BCUT2D eigenvalue weighted by atomic mass is 16.5. The number of nitrogens with zero attached hydrogens (tertiary/aromatic N) is 4. The van der Waals surface area contributed by atoms with E-state index in [1.54, 1.807) is 19.2 Å². The first-order chi connectivity index (χ1) is 11.2. The molecule has 1 amide bonds. The van der Waals surface area contributed by atoms with Crippen LogP contribution in [0.15, 0.2) is 48.8 Å². The van der Waals surface area contributed by atoms with Gasteiger partial charge in [0.25, 0.3) is 5.91 Å². The van der Waals surface area contributed by atoms with Gasteiger partial charge in [0.2, 0.25) is 5.88 Å². The molecule has 0 aliphatic carbocycles. The highest BCUT2D eigenvalue weighted by molar-refractivity contribution is 6.03. The average Bonchev–Trinajstić information content (AvgIpc) is 2.98. The Morgan fingerprint density at radius 2 is 1.96 bits per heavy atom. The number of aromatic nitrogens is 4. The molecule has 7 nitrogen and oxygen atoms in total. The van der Waals surface area contributed by atoms with Crippen molar-refractivity contribution >= 4 is 11.7 Å². The molecule has 1 aromatic carbocycles. The van der Waals surface area contributed by atoms with Crippen molar-refractivity contribution in [3.8, 4) is 17.1 Å². The second kappa shape index (κ2) is 6.27. The predicted molar refractivity (Wildman–Crippen MR) is 85.2 cm³/mol. The first kappa shape index (κ1) is 14.7. The van der Waals surface area contributed by atoms with Gasteiger partial charge < -0.3 is 10.1 Å². The molecule has 3 rings (SSSR count). The minimum atomic E-state index is -0.303. The molecule has 2 heterocycles. The van der Waals surface area contributed by atoms with Gasteiger partial charge in [-0.3, -0.25) is 9.48 Å². The SMILES string of the molecule is COc1cc(NC(=O)c2cc(-c3ccccc3)nn2C)ncn1. The lowest BCUT2D eigenvalue weighted by Crippen LogP contribution is -2.16. The molecule has 1 N–H and O–H groups in total. The molecule has 0 bridgehead atoms. The van der Waals surface area contributed by atoms with Crippen LogP contribution in [0.2, 0.25) is 0 Å². The fourth-order valence-corrected chi connectivity index (χ4v) is 2.13. The van der Waals surface area contributed by atoms with Crippen molar-refractivity contribution in [1.82, 2.24) is 19.7 Å². The van der Waals surface area contributed by atoms with Crippen LogP contribution in [0.3, 0.4) is 0 Å². The summed E-state index contributed by atoms with van der Waals surface area (Å²) in [5.41, 5.74) is 2.12. The molecule has 0 saturated carbocycles. The number of rotatable bonds is 4. The molecule has 23 heavy (non-hydrogen) atoms. The Hall–Kier alpha value is -3.22. The lowest BCUT2D eigenvalue weighted by molar-refractivity contribution is 0.101. The summed E-state index contributed by atoms with van der Waals surface area (Å²) in [6.45, 7) is 0. The van der Waals surface area contributed by atoms with Crippen molar-refractivity contribution in [2.24, 2.45) is 7.05 Å². The normalized spacial score (nSPS) is 10.3. The zero-order valence-electron chi connectivity index (χ0n) is 12.7. The van der Waals surface area contributed by atoms with Gasteiger partial charge >= 0.3 is 0 Å². The molecular formula is C16H15N5O2. The van der Waals surface area contributed by atoms with Crippen molar-refractivity contribution in [2.45, 2.75) is 0 Å². The van der Waals surface area contributed by atoms with E-state index in [1.165, 1.54) is 18.1 Å². The highest BCUT2D eigenvalue weighted by Crippen LogP contribution is 2.19. The third-order valence-electron chi connectivity index (χ3n) is 3.27. The minimum absolute atomic E-state index is 0.303.